The number of aryl methyl sites for hydroxylation is 1. The highest BCUT2D eigenvalue weighted by atomic mass is 19.4. The highest BCUT2D eigenvalue weighted by Crippen LogP contribution is 2.31. The monoisotopic (exact) mass is 237 g/mol. The second-order valence-corrected chi connectivity index (χ2v) is 3.47. The molecule has 92 valence electrons. The molecule has 0 spiro atoms. The van der Waals surface area contributed by atoms with Gasteiger partial charge in [-0.1, -0.05) is 25.0 Å². The summed E-state index contributed by atoms with van der Waals surface area (Å²) in [4.78, 5) is 0. The number of hydrogen-bond acceptors (Lipinski definition) is 3. The average molecular weight is 237 g/mol. The van der Waals surface area contributed by atoms with Crippen molar-refractivity contribution in [3.05, 3.63) is 11.4 Å². The van der Waals surface area contributed by atoms with E-state index in [2.05, 4.69) is 10.3 Å². The number of aliphatic hydroxyl groups excluding tert-OH is 1. The summed E-state index contributed by atoms with van der Waals surface area (Å²) in [5.74, 6) is 0. The smallest absolute Gasteiger partial charge is 0.390 e. The molecule has 0 radical (unpaired) electrons. The Labute approximate surface area is 91.1 Å². The van der Waals surface area contributed by atoms with Crippen LogP contribution in [0.15, 0.2) is 0 Å². The van der Waals surface area contributed by atoms with Crippen LogP contribution in [0.4, 0.5) is 13.2 Å². The maximum atomic E-state index is 12.6. The lowest BCUT2D eigenvalue weighted by molar-refractivity contribution is -0.145. The molecule has 1 aromatic rings. The Morgan fingerprint density at radius 3 is 2.50 bits per heavy atom. The number of rotatable bonds is 5. The fourth-order valence-corrected chi connectivity index (χ4v) is 1.43. The van der Waals surface area contributed by atoms with Gasteiger partial charge in [-0.05, 0) is 6.42 Å². The van der Waals surface area contributed by atoms with Crippen LogP contribution in [-0.4, -0.2) is 20.1 Å². The van der Waals surface area contributed by atoms with Crippen LogP contribution >= 0.6 is 0 Å². The molecule has 0 aliphatic heterocycles. The van der Waals surface area contributed by atoms with Crippen LogP contribution in [0.25, 0.3) is 0 Å². The number of halogens is 3. The van der Waals surface area contributed by atoms with E-state index < -0.39 is 24.2 Å². The van der Waals surface area contributed by atoms with E-state index in [-0.39, 0.29) is 6.54 Å². The third kappa shape index (κ3) is 2.94. The SMILES string of the molecule is CCCCCn1nnc(CO)c1C(F)(F)F. The first-order valence-corrected chi connectivity index (χ1v) is 5.11. The summed E-state index contributed by atoms with van der Waals surface area (Å²) >= 11 is 0. The fraction of sp³-hybridized carbons (Fsp3) is 0.778. The van der Waals surface area contributed by atoms with Crippen molar-refractivity contribution in [2.24, 2.45) is 0 Å². The predicted molar refractivity (Wildman–Crippen MR) is 50.5 cm³/mol. The zero-order valence-electron chi connectivity index (χ0n) is 8.96. The minimum atomic E-state index is -4.52. The van der Waals surface area contributed by atoms with Gasteiger partial charge in [-0.2, -0.15) is 13.2 Å². The molecule has 0 saturated carbocycles. The zero-order chi connectivity index (χ0) is 12.2. The molecular weight excluding hydrogens is 223 g/mol. The van der Waals surface area contributed by atoms with E-state index in [0.717, 1.165) is 17.5 Å². The molecule has 0 atom stereocenters. The molecule has 4 nitrogen and oxygen atoms in total. The molecule has 0 aromatic carbocycles. The van der Waals surface area contributed by atoms with E-state index in [4.69, 9.17) is 5.11 Å². The van der Waals surface area contributed by atoms with Crippen LogP contribution in [0.5, 0.6) is 0 Å². The van der Waals surface area contributed by atoms with Gasteiger partial charge in [-0.25, -0.2) is 4.68 Å². The maximum absolute atomic E-state index is 12.6. The maximum Gasteiger partial charge on any atom is 0.435 e. The van der Waals surface area contributed by atoms with Gasteiger partial charge in [0, 0.05) is 6.54 Å². The van der Waals surface area contributed by atoms with Crippen molar-refractivity contribution < 1.29 is 18.3 Å². The topological polar surface area (TPSA) is 50.9 Å². The van der Waals surface area contributed by atoms with Crippen molar-refractivity contribution in [3.8, 4) is 0 Å². The molecule has 1 N–H and O–H groups in total. The van der Waals surface area contributed by atoms with Crippen molar-refractivity contribution in [1.82, 2.24) is 15.0 Å². The molecule has 0 aliphatic rings. The average Bonchev–Trinajstić information content (AvgIpc) is 2.61. The third-order valence-corrected chi connectivity index (χ3v) is 2.20. The van der Waals surface area contributed by atoms with Gasteiger partial charge in [-0.3, -0.25) is 0 Å². The van der Waals surface area contributed by atoms with E-state index in [1.165, 1.54) is 0 Å². The normalized spacial score (nSPS) is 12.1. The van der Waals surface area contributed by atoms with Crippen LogP contribution in [0.3, 0.4) is 0 Å². The lowest BCUT2D eigenvalue weighted by Crippen LogP contribution is -2.16. The van der Waals surface area contributed by atoms with Crippen LogP contribution in [0.2, 0.25) is 0 Å². The van der Waals surface area contributed by atoms with Crippen molar-refractivity contribution >= 4 is 0 Å². The van der Waals surface area contributed by atoms with E-state index in [9.17, 15) is 13.2 Å². The minimum Gasteiger partial charge on any atom is -0.390 e. The quantitative estimate of drug-likeness (QED) is 0.796. The lowest BCUT2D eigenvalue weighted by atomic mass is 10.2. The molecule has 0 saturated heterocycles. The van der Waals surface area contributed by atoms with E-state index in [1.807, 2.05) is 6.92 Å². The molecule has 1 rings (SSSR count). The van der Waals surface area contributed by atoms with Gasteiger partial charge < -0.3 is 5.11 Å². The van der Waals surface area contributed by atoms with Crippen LogP contribution in [0, 0.1) is 0 Å². The van der Waals surface area contributed by atoms with Gasteiger partial charge >= 0.3 is 6.18 Å². The van der Waals surface area contributed by atoms with Gasteiger partial charge in [-0.15, -0.1) is 5.10 Å². The van der Waals surface area contributed by atoms with Gasteiger partial charge in [0.1, 0.15) is 5.69 Å². The molecule has 0 aliphatic carbocycles. The Kier molecular flexibility index (Phi) is 4.28. The second-order valence-electron chi connectivity index (χ2n) is 3.47. The van der Waals surface area contributed by atoms with Gasteiger partial charge in [0.2, 0.25) is 0 Å². The molecule has 0 bridgehead atoms. The minimum absolute atomic E-state index is 0.176. The highest BCUT2D eigenvalue weighted by Gasteiger charge is 2.38. The van der Waals surface area contributed by atoms with Crippen LogP contribution < -0.4 is 0 Å². The summed E-state index contributed by atoms with van der Waals surface area (Å²) in [7, 11) is 0. The van der Waals surface area contributed by atoms with Crippen molar-refractivity contribution in [1.29, 1.82) is 0 Å². The lowest BCUT2D eigenvalue weighted by Gasteiger charge is -2.10. The highest BCUT2D eigenvalue weighted by molar-refractivity contribution is 5.12. The van der Waals surface area contributed by atoms with Crippen molar-refractivity contribution in [3.63, 3.8) is 0 Å². The number of nitrogens with zero attached hydrogens (tertiary/aromatic N) is 3. The first-order chi connectivity index (χ1) is 7.50. The zero-order valence-corrected chi connectivity index (χ0v) is 8.96. The van der Waals surface area contributed by atoms with E-state index in [1.54, 1.807) is 0 Å². The number of hydrogen-bond donors (Lipinski definition) is 1. The number of unbranched alkanes of at least 4 members (excludes halogenated alkanes) is 2. The predicted octanol–water partition coefficient (Wildman–Crippen LogP) is 1.98. The molecule has 7 heteroatoms. The Bertz CT molecular complexity index is 335. The number of aliphatic hydroxyl groups is 1. The standard InChI is InChI=1S/C9H14F3N3O/c1-2-3-4-5-15-8(9(10,11)12)7(6-16)13-14-15/h16H,2-6H2,1H3. The summed E-state index contributed by atoms with van der Waals surface area (Å²) in [6, 6.07) is 0. The Morgan fingerprint density at radius 2 is 2.00 bits per heavy atom. The summed E-state index contributed by atoms with van der Waals surface area (Å²) in [6.07, 6.45) is -2.14. The second kappa shape index (κ2) is 5.29. The van der Waals surface area contributed by atoms with Gasteiger partial charge in [0.05, 0.1) is 6.61 Å². The molecule has 1 aromatic heterocycles. The molecule has 0 unspecified atom stereocenters. The van der Waals surface area contributed by atoms with Crippen molar-refractivity contribution in [2.45, 2.75) is 45.5 Å². The van der Waals surface area contributed by atoms with E-state index >= 15 is 0 Å². The molecule has 0 fully saturated rings. The third-order valence-electron chi connectivity index (χ3n) is 2.20. The number of alkyl halides is 3. The molecule has 1 heterocycles. The summed E-state index contributed by atoms with van der Waals surface area (Å²) in [5.41, 5.74) is -1.35. The molecule has 0 amide bonds. The Hall–Kier alpha value is -1.11. The largest absolute Gasteiger partial charge is 0.435 e. The molecular formula is C9H14F3N3O. The summed E-state index contributed by atoms with van der Waals surface area (Å²) in [6.45, 7) is 1.39. The fourth-order valence-electron chi connectivity index (χ4n) is 1.43. The van der Waals surface area contributed by atoms with Crippen LogP contribution in [0.1, 0.15) is 37.6 Å². The summed E-state index contributed by atoms with van der Waals surface area (Å²) in [5, 5.41) is 15.5. The van der Waals surface area contributed by atoms with Crippen molar-refractivity contribution in [2.75, 3.05) is 0 Å². The first kappa shape index (κ1) is 13.0. The Morgan fingerprint density at radius 1 is 1.31 bits per heavy atom. The van der Waals surface area contributed by atoms with E-state index in [0.29, 0.717) is 6.42 Å². The first-order valence-electron chi connectivity index (χ1n) is 5.11. The number of aromatic nitrogens is 3. The Balaban J connectivity index is 2.88. The van der Waals surface area contributed by atoms with Crippen LogP contribution in [-0.2, 0) is 19.3 Å². The van der Waals surface area contributed by atoms with Gasteiger partial charge in [0.15, 0.2) is 5.69 Å². The summed E-state index contributed by atoms with van der Waals surface area (Å²) < 4.78 is 38.7. The molecule has 16 heavy (non-hydrogen) atoms. The van der Waals surface area contributed by atoms with Gasteiger partial charge in [0.25, 0.3) is 0 Å².